The molecule has 0 amide bonds. The fraction of sp³-hybridized carbons (Fsp3) is 0.500. The van der Waals surface area contributed by atoms with Gasteiger partial charge in [-0.05, 0) is 44.0 Å². The molecule has 3 rings (SSSR count). The highest BCUT2D eigenvalue weighted by Crippen LogP contribution is 2.29. The van der Waals surface area contributed by atoms with Crippen molar-refractivity contribution in [1.29, 1.82) is 0 Å². The SMILES string of the molecule is CCc1cccc2nc(C3CCNCC3)oc12. The molecule has 0 aliphatic carbocycles. The van der Waals surface area contributed by atoms with Gasteiger partial charge in [-0.3, -0.25) is 0 Å². The summed E-state index contributed by atoms with van der Waals surface area (Å²) in [6, 6.07) is 6.23. The quantitative estimate of drug-likeness (QED) is 0.862. The molecular formula is C14H18N2O. The number of hydrogen-bond donors (Lipinski definition) is 1. The van der Waals surface area contributed by atoms with Crippen LogP contribution in [0.4, 0.5) is 0 Å². The minimum atomic E-state index is 0.494. The van der Waals surface area contributed by atoms with Gasteiger partial charge in [-0.25, -0.2) is 4.98 Å². The molecular weight excluding hydrogens is 212 g/mol. The highest BCUT2D eigenvalue weighted by atomic mass is 16.3. The van der Waals surface area contributed by atoms with E-state index < -0.39 is 0 Å². The highest BCUT2D eigenvalue weighted by Gasteiger charge is 2.21. The normalized spacial score (nSPS) is 17.7. The number of aromatic nitrogens is 1. The van der Waals surface area contributed by atoms with Crippen molar-refractivity contribution in [2.24, 2.45) is 0 Å². The summed E-state index contributed by atoms with van der Waals surface area (Å²) in [5.41, 5.74) is 3.26. The van der Waals surface area contributed by atoms with Crippen LogP contribution in [-0.2, 0) is 6.42 Å². The third-order valence-corrected chi connectivity index (χ3v) is 3.58. The third-order valence-electron chi connectivity index (χ3n) is 3.58. The van der Waals surface area contributed by atoms with Crippen LogP contribution in [0.1, 0.15) is 37.1 Å². The zero-order chi connectivity index (χ0) is 11.7. The monoisotopic (exact) mass is 230 g/mol. The molecule has 0 spiro atoms. The Labute approximate surface area is 101 Å². The minimum Gasteiger partial charge on any atom is -0.440 e. The van der Waals surface area contributed by atoms with Gasteiger partial charge in [0.1, 0.15) is 5.52 Å². The Morgan fingerprint density at radius 3 is 2.94 bits per heavy atom. The molecule has 2 aromatic rings. The lowest BCUT2D eigenvalue weighted by molar-refractivity contribution is 0.385. The second kappa shape index (κ2) is 4.49. The molecule has 0 bridgehead atoms. The van der Waals surface area contributed by atoms with Crippen molar-refractivity contribution >= 4 is 11.1 Å². The minimum absolute atomic E-state index is 0.494. The van der Waals surface area contributed by atoms with E-state index in [-0.39, 0.29) is 0 Å². The van der Waals surface area contributed by atoms with Crippen LogP contribution < -0.4 is 5.32 Å². The number of hydrogen-bond acceptors (Lipinski definition) is 3. The predicted octanol–water partition coefficient (Wildman–Crippen LogP) is 2.86. The van der Waals surface area contributed by atoms with Gasteiger partial charge >= 0.3 is 0 Å². The molecule has 1 N–H and O–H groups in total. The van der Waals surface area contributed by atoms with Crippen molar-refractivity contribution in [3.8, 4) is 0 Å². The molecule has 3 heteroatoms. The molecule has 3 nitrogen and oxygen atoms in total. The number of rotatable bonds is 2. The summed E-state index contributed by atoms with van der Waals surface area (Å²) in [5, 5.41) is 3.37. The fourth-order valence-corrected chi connectivity index (χ4v) is 2.55. The standard InChI is InChI=1S/C14H18N2O/c1-2-10-4-3-5-12-13(10)17-14(16-12)11-6-8-15-9-7-11/h3-5,11,15H,2,6-9H2,1H3. The fourth-order valence-electron chi connectivity index (χ4n) is 2.55. The number of aryl methyl sites for hydroxylation is 1. The molecule has 1 aliphatic rings. The molecule has 17 heavy (non-hydrogen) atoms. The number of fused-ring (bicyclic) bond motifs is 1. The molecule has 1 aromatic carbocycles. The first kappa shape index (κ1) is 10.8. The van der Waals surface area contributed by atoms with E-state index in [1.54, 1.807) is 0 Å². The first-order valence-corrected chi connectivity index (χ1v) is 6.47. The highest BCUT2D eigenvalue weighted by molar-refractivity contribution is 5.76. The molecule has 1 fully saturated rings. The number of oxazole rings is 1. The van der Waals surface area contributed by atoms with Crippen molar-refractivity contribution in [3.05, 3.63) is 29.7 Å². The zero-order valence-corrected chi connectivity index (χ0v) is 10.2. The van der Waals surface area contributed by atoms with Crippen LogP contribution in [-0.4, -0.2) is 18.1 Å². The summed E-state index contributed by atoms with van der Waals surface area (Å²) in [5.74, 6) is 1.43. The number of piperidine rings is 1. The second-order valence-corrected chi connectivity index (χ2v) is 4.70. The van der Waals surface area contributed by atoms with E-state index in [0.29, 0.717) is 5.92 Å². The summed E-state index contributed by atoms with van der Waals surface area (Å²) >= 11 is 0. The Morgan fingerprint density at radius 1 is 1.35 bits per heavy atom. The van der Waals surface area contributed by atoms with Gasteiger partial charge in [0, 0.05) is 5.92 Å². The predicted molar refractivity (Wildman–Crippen MR) is 68.2 cm³/mol. The molecule has 1 aliphatic heterocycles. The average molecular weight is 230 g/mol. The maximum absolute atomic E-state index is 5.99. The first-order chi connectivity index (χ1) is 8.38. The van der Waals surface area contributed by atoms with Crippen molar-refractivity contribution in [3.63, 3.8) is 0 Å². The van der Waals surface area contributed by atoms with E-state index in [4.69, 9.17) is 4.42 Å². The van der Waals surface area contributed by atoms with E-state index in [1.165, 1.54) is 5.56 Å². The van der Waals surface area contributed by atoms with Crippen LogP contribution in [0.15, 0.2) is 22.6 Å². The van der Waals surface area contributed by atoms with Gasteiger partial charge in [0.15, 0.2) is 11.5 Å². The summed E-state index contributed by atoms with van der Waals surface area (Å²) in [6.45, 7) is 4.30. The van der Waals surface area contributed by atoms with E-state index in [9.17, 15) is 0 Å². The van der Waals surface area contributed by atoms with Gasteiger partial charge in [-0.15, -0.1) is 0 Å². The first-order valence-electron chi connectivity index (χ1n) is 6.47. The topological polar surface area (TPSA) is 38.1 Å². The number of nitrogens with zero attached hydrogens (tertiary/aromatic N) is 1. The lowest BCUT2D eigenvalue weighted by Crippen LogP contribution is -2.26. The lowest BCUT2D eigenvalue weighted by Gasteiger charge is -2.19. The van der Waals surface area contributed by atoms with E-state index in [0.717, 1.165) is 49.3 Å². The van der Waals surface area contributed by atoms with Crippen molar-refractivity contribution in [1.82, 2.24) is 10.3 Å². The van der Waals surface area contributed by atoms with E-state index >= 15 is 0 Å². The molecule has 0 saturated carbocycles. The van der Waals surface area contributed by atoms with Crippen LogP contribution in [0.25, 0.3) is 11.1 Å². The van der Waals surface area contributed by atoms with E-state index in [2.05, 4.69) is 29.4 Å². The number of nitrogens with one attached hydrogen (secondary N) is 1. The Hall–Kier alpha value is -1.35. The Bertz CT molecular complexity index is 512. The third kappa shape index (κ3) is 1.95. The Balaban J connectivity index is 2.00. The van der Waals surface area contributed by atoms with E-state index in [1.807, 2.05) is 6.07 Å². The van der Waals surface area contributed by atoms with Gasteiger partial charge in [0.05, 0.1) is 0 Å². The number of benzene rings is 1. The van der Waals surface area contributed by atoms with Crippen molar-refractivity contribution in [2.75, 3.05) is 13.1 Å². The van der Waals surface area contributed by atoms with Crippen molar-refractivity contribution < 1.29 is 4.42 Å². The van der Waals surface area contributed by atoms with Crippen LogP contribution in [0.2, 0.25) is 0 Å². The van der Waals surface area contributed by atoms with Gasteiger partial charge in [0.25, 0.3) is 0 Å². The van der Waals surface area contributed by atoms with Crippen LogP contribution >= 0.6 is 0 Å². The molecule has 1 aromatic heterocycles. The maximum atomic E-state index is 5.99. The van der Waals surface area contributed by atoms with Crippen LogP contribution in [0, 0.1) is 0 Å². The maximum Gasteiger partial charge on any atom is 0.198 e. The molecule has 1 saturated heterocycles. The molecule has 2 heterocycles. The summed E-state index contributed by atoms with van der Waals surface area (Å²) < 4.78 is 5.99. The van der Waals surface area contributed by atoms with Crippen molar-refractivity contribution in [2.45, 2.75) is 32.1 Å². The second-order valence-electron chi connectivity index (χ2n) is 4.70. The Kier molecular flexibility index (Phi) is 2.85. The smallest absolute Gasteiger partial charge is 0.198 e. The van der Waals surface area contributed by atoms with Gasteiger partial charge in [0.2, 0.25) is 0 Å². The Morgan fingerprint density at radius 2 is 2.18 bits per heavy atom. The van der Waals surface area contributed by atoms with Gasteiger partial charge in [-0.2, -0.15) is 0 Å². The van der Waals surface area contributed by atoms with Crippen LogP contribution in [0.3, 0.4) is 0 Å². The summed E-state index contributed by atoms with van der Waals surface area (Å²) in [7, 11) is 0. The lowest BCUT2D eigenvalue weighted by atomic mass is 9.98. The van der Waals surface area contributed by atoms with Crippen LogP contribution in [0.5, 0.6) is 0 Å². The molecule has 90 valence electrons. The molecule has 0 radical (unpaired) electrons. The number of para-hydroxylation sites is 1. The van der Waals surface area contributed by atoms with Gasteiger partial charge < -0.3 is 9.73 Å². The average Bonchev–Trinajstić information content (AvgIpc) is 2.83. The summed E-state index contributed by atoms with van der Waals surface area (Å²) in [6.07, 6.45) is 3.26. The largest absolute Gasteiger partial charge is 0.440 e. The zero-order valence-electron chi connectivity index (χ0n) is 10.2. The summed E-state index contributed by atoms with van der Waals surface area (Å²) in [4.78, 5) is 4.65. The van der Waals surface area contributed by atoms with Gasteiger partial charge in [-0.1, -0.05) is 19.1 Å². The molecule has 0 atom stereocenters. The molecule has 0 unspecified atom stereocenters.